The van der Waals surface area contributed by atoms with Gasteiger partial charge in [0.05, 0.1) is 19.9 Å². The van der Waals surface area contributed by atoms with E-state index in [-0.39, 0.29) is 6.10 Å². The van der Waals surface area contributed by atoms with Crippen LogP contribution in [-0.4, -0.2) is 36.6 Å². The van der Waals surface area contributed by atoms with Crippen LogP contribution in [0.2, 0.25) is 0 Å². The first kappa shape index (κ1) is 13.8. The zero-order valence-electron chi connectivity index (χ0n) is 12.0. The lowest BCUT2D eigenvalue weighted by Crippen LogP contribution is -2.28. The first-order valence-corrected chi connectivity index (χ1v) is 7.00. The van der Waals surface area contributed by atoms with E-state index in [1.807, 2.05) is 18.2 Å². The van der Waals surface area contributed by atoms with Gasteiger partial charge in [-0.25, -0.2) is 0 Å². The summed E-state index contributed by atoms with van der Waals surface area (Å²) < 4.78 is 17.0. The number of rotatable bonds is 4. The fourth-order valence-electron chi connectivity index (χ4n) is 2.49. The summed E-state index contributed by atoms with van der Waals surface area (Å²) in [6.45, 7) is 1.39. The number of hydrogen-bond donors (Lipinski definition) is 2. The minimum Gasteiger partial charge on any atom is -0.493 e. The largest absolute Gasteiger partial charge is 0.493 e. The van der Waals surface area contributed by atoms with Crippen LogP contribution < -0.4 is 15.2 Å². The Morgan fingerprint density at radius 1 is 1.38 bits per heavy atom. The molecule has 1 aliphatic heterocycles. The first-order chi connectivity index (χ1) is 10.3. The molecule has 3 rings (SSSR count). The molecule has 0 spiro atoms. The summed E-state index contributed by atoms with van der Waals surface area (Å²) in [5.41, 5.74) is 7.60. The molecule has 2 aromatic rings. The average molecular weight is 289 g/mol. The second-order valence-electron chi connectivity index (χ2n) is 4.99. The van der Waals surface area contributed by atoms with Gasteiger partial charge in [-0.2, -0.15) is 5.10 Å². The molecule has 1 atom stereocenters. The summed E-state index contributed by atoms with van der Waals surface area (Å²) in [4.78, 5) is 0. The number of methoxy groups -OCH3 is 1. The van der Waals surface area contributed by atoms with Crippen molar-refractivity contribution in [3.63, 3.8) is 0 Å². The van der Waals surface area contributed by atoms with Crippen LogP contribution in [0, 0.1) is 0 Å². The molecule has 2 heterocycles. The first-order valence-electron chi connectivity index (χ1n) is 7.00. The molecule has 1 aromatic heterocycles. The highest BCUT2D eigenvalue weighted by Gasteiger charge is 2.21. The Morgan fingerprint density at radius 3 is 2.95 bits per heavy atom. The Labute approximate surface area is 123 Å². The highest BCUT2D eigenvalue weighted by Crippen LogP contribution is 2.40. The molecule has 0 aliphatic carbocycles. The van der Waals surface area contributed by atoms with E-state index in [9.17, 15) is 0 Å². The normalized spacial score (nSPS) is 18.4. The summed E-state index contributed by atoms with van der Waals surface area (Å²) >= 11 is 0. The maximum atomic E-state index is 6.14. The molecule has 1 unspecified atom stereocenters. The number of hydrogen-bond acceptors (Lipinski definition) is 5. The van der Waals surface area contributed by atoms with Gasteiger partial charge in [-0.05, 0) is 18.9 Å². The second-order valence-corrected chi connectivity index (χ2v) is 4.99. The number of aromatic nitrogens is 2. The van der Waals surface area contributed by atoms with Crippen LogP contribution in [0.3, 0.4) is 0 Å². The van der Waals surface area contributed by atoms with Gasteiger partial charge >= 0.3 is 0 Å². The minimum atomic E-state index is 0.0296. The molecule has 0 radical (unpaired) electrons. The van der Waals surface area contributed by atoms with Gasteiger partial charge in [-0.15, -0.1) is 0 Å². The minimum absolute atomic E-state index is 0.0296. The Bertz CT molecular complexity index is 606. The number of benzene rings is 1. The quantitative estimate of drug-likeness (QED) is 0.902. The lowest BCUT2D eigenvalue weighted by Gasteiger charge is -2.25. The number of aromatic amines is 1. The van der Waals surface area contributed by atoms with Gasteiger partial charge in [0.25, 0.3) is 0 Å². The standard InChI is InChI=1S/C15H19N3O3/c1-19-13-6-2-5-11(12-8-17-18-15(12)16)14(13)21-10-4-3-7-20-9-10/h2,5-6,8,10H,3-4,7,9H2,1H3,(H3,16,17,18). The molecule has 6 heteroatoms. The van der Waals surface area contributed by atoms with Crippen LogP contribution in [0.5, 0.6) is 11.5 Å². The van der Waals surface area contributed by atoms with Crippen LogP contribution in [0.4, 0.5) is 5.82 Å². The zero-order chi connectivity index (χ0) is 14.7. The lowest BCUT2D eigenvalue weighted by atomic mass is 10.1. The monoisotopic (exact) mass is 289 g/mol. The topological polar surface area (TPSA) is 82.4 Å². The third-order valence-corrected chi connectivity index (χ3v) is 3.56. The van der Waals surface area contributed by atoms with E-state index in [2.05, 4.69) is 10.2 Å². The van der Waals surface area contributed by atoms with Crippen molar-refractivity contribution in [2.24, 2.45) is 0 Å². The maximum absolute atomic E-state index is 6.14. The van der Waals surface area contributed by atoms with Crippen LogP contribution in [0.25, 0.3) is 11.1 Å². The Morgan fingerprint density at radius 2 is 2.29 bits per heavy atom. The van der Waals surface area contributed by atoms with E-state index in [4.69, 9.17) is 19.9 Å². The molecule has 1 aromatic carbocycles. The van der Waals surface area contributed by atoms with Crippen LogP contribution in [-0.2, 0) is 4.74 Å². The van der Waals surface area contributed by atoms with Crippen molar-refractivity contribution in [1.29, 1.82) is 0 Å². The molecule has 0 bridgehead atoms. The summed E-state index contributed by atoms with van der Waals surface area (Å²) in [6, 6.07) is 5.73. The van der Waals surface area contributed by atoms with Crippen LogP contribution >= 0.6 is 0 Å². The highest BCUT2D eigenvalue weighted by atomic mass is 16.5. The number of nitrogens with one attached hydrogen (secondary N) is 1. The van der Waals surface area contributed by atoms with Crippen molar-refractivity contribution in [2.45, 2.75) is 18.9 Å². The fourth-order valence-corrected chi connectivity index (χ4v) is 2.49. The highest BCUT2D eigenvalue weighted by molar-refractivity contribution is 5.80. The number of nitrogen functional groups attached to an aromatic ring is 1. The molecule has 1 saturated heterocycles. The van der Waals surface area contributed by atoms with E-state index in [1.54, 1.807) is 13.3 Å². The molecule has 6 nitrogen and oxygen atoms in total. The Balaban J connectivity index is 1.97. The average Bonchev–Trinajstić information content (AvgIpc) is 2.94. The smallest absolute Gasteiger partial charge is 0.169 e. The van der Waals surface area contributed by atoms with Gasteiger partial charge in [0, 0.05) is 17.7 Å². The van der Waals surface area contributed by atoms with E-state index in [1.165, 1.54) is 0 Å². The van der Waals surface area contributed by atoms with Gasteiger partial charge in [0.1, 0.15) is 11.9 Å². The SMILES string of the molecule is COc1cccc(-c2cn[nH]c2N)c1OC1CCCOC1. The summed E-state index contributed by atoms with van der Waals surface area (Å²) in [7, 11) is 1.63. The van der Waals surface area contributed by atoms with Gasteiger partial charge in [0.2, 0.25) is 0 Å². The number of nitrogens with two attached hydrogens (primary N) is 1. The number of H-pyrrole nitrogens is 1. The van der Waals surface area contributed by atoms with Crippen molar-refractivity contribution in [1.82, 2.24) is 10.2 Å². The number of ether oxygens (including phenoxy) is 3. The molecule has 3 N–H and O–H groups in total. The predicted octanol–water partition coefficient (Wildman–Crippen LogP) is 2.23. The van der Waals surface area contributed by atoms with Crippen molar-refractivity contribution in [3.8, 4) is 22.6 Å². The molecule has 1 aliphatic rings. The van der Waals surface area contributed by atoms with Gasteiger partial charge in [0.15, 0.2) is 11.5 Å². The Kier molecular flexibility index (Phi) is 3.96. The van der Waals surface area contributed by atoms with Gasteiger partial charge < -0.3 is 19.9 Å². The molecule has 21 heavy (non-hydrogen) atoms. The van der Waals surface area contributed by atoms with Crippen molar-refractivity contribution >= 4 is 5.82 Å². The predicted molar refractivity (Wildman–Crippen MR) is 79.5 cm³/mol. The zero-order valence-corrected chi connectivity index (χ0v) is 12.0. The van der Waals surface area contributed by atoms with Crippen LogP contribution in [0.1, 0.15) is 12.8 Å². The van der Waals surface area contributed by atoms with Crippen LogP contribution in [0.15, 0.2) is 24.4 Å². The maximum Gasteiger partial charge on any atom is 0.169 e. The molecular formula is C15H19N3O3. The molecular weight excluding hydrogens is 270 g/mol. The molecule has 0 saturated carbocycles. The van der Waals surface area contributed by atoms with Crippen molar-refractivity contribution in [2.75, 3.05) is 26.1 Å². The van der Waals surface area contributed by atoms with E-state index in [0.29, 0.717) is 23.9 Å². The van der Waals surface area contributed by atoms with Gasteiger partial charge in [-0.1, -0.05) is 12.1 Å². The number of nitrogens with zero attached hydrogens (tertiary/aromatic N) is 1. The fraction of sp³-hybridized carbons (Fsp3) is 0.400. The third-order valence-electron chi connectivity index (χ3n) is 3.56. The summed E-state index contributed by atoms with van der Waals surface area (Å²) in [5, 5.41) is 6.71. The Hall–Kier alpha value is -2.21. The lowest BCUT2D eigenvalue weighted by molar-refractivity contribution is 0.00670. The second kappa shape index (κ2) is 6.05. The van der Waals surface area contributed by atoms with E-state index < -0.39 is 0 Å². The van der Waals surface area contributed by atoms with E-state index in [0.717, 1.165) is 30.6 Å². The van der Waals surface area contributed by atoms with Gasteiger partial charge in [-0.3, -0.25) is 5.10 Å². The number of anilines is 1. The molecule has 0 amide bonds. The number of para-hydroxylation sites is 1. The molecule has 1 fully saturated rings. The summed E-state index contributed by atoms with van der Waals surface area (Å²) in [5.74, 6) is 1.87. The summed E-state index contributed by atoms with van der Waals surface area (Å²) in [6.07, 6.45) is 3.69. The molecule has 112 valence electrons. The van der Waals surface area contributed by atoms with E-state index >= 15 is 0 Å². The van der Waals surface area contributed by atoms with Crippen molar-refractivity contribution < 1.29 is 14.2 Å². The third kappa shape index (κ3) is 2.80. The van der Waals surface area contributed by atoms with Crippen molar-refractivity contribution in [3.05, 3.63) is 24.4 Å².